The molecule has 1 amide bonds. The topological polar surface area (TPSA) is 95.4 Å². The Bertz CT molecular complexity index is 638. The van der Waals surface area contributed by atoms with Gasteiger partial charge in [-0.2, -0.15) is 0 Å². The molecule has 0 aliphatic carbocycles. The van der Waals surface area contributed by atoms with E-state index in [1.165, 1.54) is 0 Å². The maximum atomic E-state index is 11.7. The summed E-state index contributed by atoms with van der Waals surface area (Å²) in [6.07, 6.45) is 3.22. The molecule has 2 fully saturated rings. The molecular formula is C17H24N4O3. The minimum Gasteiger partial charge on any atom is -0.481 e. The van der Waals surface area contributed by atoms with Crippen LogP contribution in [-0.4, -0.2) is 50.5 Å². The van der Waals surface area contributed by atoms with Crippen molar-refractivity contribution in [3.05, 3.63) is 23.8 Å². The van der Waals surface area contributed by atoms with E-state index in [2.05, 4.69) is 34.0 Å². The molecule has 7 nitrogen and oxygen atoms in total. The highest BCUT2D eigenvalue weighted by Crippen LogP contribution is 2.37. The van der Waals surface area contributed by atoms with Gasteiger partial charge < -0.3 is 10.4 Å². The van der Waals surface area contributed by atoms with Gasteiger partial charge in [-0.3, -0.25) is 14.5 Å². The van der Waals surface area contributed by atoms with Crippen LogP contribution in [0.4, 0.5) is 0 Å². The van der Waals surface area contributed by atoms with Crippen molar-refractivity contribution >= 4 is 11.9 Å². The summed E-state index contributed by atoms with van der Waals surface area (Å²) in [5.41, 5.74) is 0.406. The second-order valence-electron chi connectivity index (χ2n) is 7.14. The van der Waals surface area contributed by atoms with Crippen molar-refractivity contribution in [3.8, 4) is 0 Å². The van der Waals surface area contributed by atoms with Gasteiger partial charge >= 0.3 is 5.97 Å². The zero-order chi connectivity index (χ0) is 17.3. The van der Waals surface area contributed by atoms with Crippen molar-refractivity contribution < 1.29 is 14.7 Å². The Balaban J connectivity index is 1.64. The van der Waals surface area contributed by atoms with Crippen molar-refractivity contribution in [2.75, 3.05) is 13.1 Å². The molecule has 1 atom stereocenters. The normalized spacial score (nSPS) is 23.6. The summed E-state index contributed by atoms with van der Waals surface area (Å²) in [5.74, 6) is -0.499. The molecule has 0 saturated carbocycles. The third-order valence-electron chi connectivity index (χ3n) is 5.13. The van der Waals surface area contributed by atoms with E-state index < -0.39 is 17.4 Å². The lowest BCUT2D eigenvalue weighted by Gasteiger charge is -2.41. The first-order chi connectivity index (χ1) is 11.4. The van der Waals surface area contributed by atoms with Gasteiger partial charge in [0.1, 0.15) is 5.82 Å². The molecule has 130 valence electrons. The second kappa shape index (κ2) is 6.47. The molecule has 2 aliphatic rings. The second-order valence-corrected chi connectivity index (χ2v) is 7.14. The van der Waals surface area contributed by atoms with Crippen LogP contribution in [-0.2, 0) is 16.1 Å². The summed E-state index contributed by atoms with van der Waals surface area (Å²) < 4.78 is 0. The van der Waals surface area contributed by atoms with Crippen LogP contribution in [0.15, 0.2) is 12.3 Å². The molecule has 1 aromatic rings. The molecule has 2 saturated heterocycles. The molecule has 3 rings (SSSR count). The smallest absolute Gasteiger partial charge is 0.309 e. The van der Waals surface area contributed by atoms with Gasteiger partial charge in [0.25, 0.3) is 0 Å². The van der Waals surface area contributed by atoms with Gasteiger partial charge in [-0.15, -0.1) is 0 Å². The van der Waals surface area contributed by atoms with E-state index >= 15 is 0 Å². The van der Waals surface area contributed by atoms with Crippen molar-refractivity contribution in [1.29, 1.82) is 0 Å². The predicted octanol–water partition coefficient (Wildman–Crippen LogP) is 1.16. The number of rotatable bonds is 4. The van der Waals surface area contributed by atoms with Gasteiger partial charge in [0.15, 0.2) is 0 Å². The largest absolute Gasteiger partial charge is 0.481 e. The van der Waals surface area contributed by atoms with E-state index in [9.17, 15) is 14.7 Å². The van der Waals surface area contributed by atoms with Gasteiger partial charge in [-0.05, 0) is 18.9 Å². The highest BCUT2D eigenvalue weighted by molar-refractivity contribution is 5.88. The van der Waals surface area contributed by atoms with Crippen molar-refractivity contribution in [1.82, 2.24) is 20.2 Å². The molecule has 1 aromatic heterocycles. The van der Waals surface area contributed by atoms with Gasteiger partial charge in [-0.25, -0.2) is 9.97 Å². The number of carbonyl (C=O) groups excluding carboxylic acids is 1. The lowest BCUT2D eigenvalue weighted by atomic mass is 9.77. The molecule has 0 bridgehead atoms. The van der Waals surface area contributed by atoms with Crippen LogP contribution in [0.1, 0.15) is 50.5 Å². The molecular weight excluding hydrogens is 308 g/mol. The van der Waals surface area contributed by atoms with Crippen LogP contribution in [0.5, 0.6) is 0 Å². The fourth-order valence-corrected chi connectivity index (χ4v) is 3.71. The lowest BCUT2D eigenvalue weighted by molar-refractivity contribution is -0.144. The number of likely N-dealkylation sites (tertiary alicyclic amines) is 1. The number of carboxylic acids is 1. The molecule has 0 radical (unpaired) electrons. The summed E-state index contributed by atoms with van der Waals surface area (Å²) in [7, 11) is 0. The predicted molar refractivity (Wildman–Crippen MR) is 87.2 cm³/mol. The van der Waals surface area contributed by atoms with E-state index in [1.807, 2.05) is 6.07 Å². The third kappa shape index (κ3) is 3.26. The van der Waals surface area contributed by atoms with E-state index in [4.69, 9.17) is 0 Å². The number of hydrogen-bond donors (Lipinski definition) is 2. The van der Waals surface area contributed by atoms with Gasteiger partial charge in [-0.1, -0.05) is 13.8 Å². The van der Waals surface area contributed by atoms with Crippen molar-refractivity contribution in [3.63, 3.8) is 0 Å². The Morgan fingerprint density at radius 2 is 2.17 bits per heavy atom. The Labute approximate surface area is 141 Å². The van der Waals surface area contributed by atoms with Crippen LogP contribution in [0.3, 0.4) is 0 Å². The highest BCUT2D eigenvalue weighted by Gasteiger charge is 2.51. The molecule has 0 aromatic carbocycles. The maximum absolute atomic E-state index is 11.7. The zero-order valence-electron chi connectivity index (χ0n) is 14.2. The molecule has 3 heterocycles. The first-order valence-corrected chi connectivity index (χ1v) is 8.47. The monoisotopic (exact) mass is 332 g/mol. The first kappa shape index (κ1) is 16.8. The quantitative estimate of drug-likeness (QED) is 0.859. The average molecular weight is 332 g/mol. The molecule has 24 heavy (non-hydrogen) atoms. The fraction of sp³-hybridized carbons (Fsp3) is 0.647. The summed E-state index contributed by atoms with van der Waals surface area (Å²) in [4.78, 5) is 34.3. The standard InChI is InChI=1S/C17H24N4O3/c1-11(2)15-18-6-3-12(19-15)10-21-7-4-17(5-8-21)13(16(23)24)9-14(22)20-17/h3,6,11,13H,4-5,7-10H2,1-2H3,(H,20,22)(H,23,24). The lowest BCUT2D eigenvalue weighted by Crippen LogP contribution is -2.55. The van der Waals surface area contributed by atoms with Crippen molar-refractivity contribution in [2.45, 2.75) is 51.1 Å². The van der Waals surface area contributed by atoms with Gasteiger partial charge in [0.2, 0.25) is 5.91 Å². The fourth-order valence-electron chi connectivity index (χ4n) is 3.71. The number of piperidine rings is 1. The highest BCUT2D eigenvalue weighted by atomic mass is 16.4. The Kier molecular flexibility index (Phi) is 4.54. The van der Waals surface area contributed by atoms with Crippen LogP contribution in [0.2, 0.25) is 0 Å². The maximum Gasteiger partial charge on any atom is 0.309 e. The summed E-state index contributed by atoms with van der Waals surface area (Å²) in [6.45, 7) is 6.37. The number of nitrogens with one attached hydrogen (secondary N) is 1. The van der Waals surface area contributed by atoms with Crippen LogP contribution < -0.4 is 5.32 Å². The van der Waals surface area contributed by atoms with Crippen LogP contribution in [0.25, 0.3) is 0 Å². The summed E-state index contributed by atoms with van der Waals surface area (Å²) >= 11 is 0. The zero-order valence-corrected chi connectivity index (χ0v) is 14.2. The average Bonchev–Trinajstić information content (AvgIpc) is 2.87. The Hall–Kier alpha value is -2.02. The molecule has 1 unspecified atom stereocenters. The number of amides is 1. The van der Waals surface area contributed by atoms with Gasteiger partial charge in [0, 0.05) is 38.2 Å². The Morgan fingerprint density at radius 1 is 1.46 bits per heavy atom. The van der Waals surface area contributed by atoms with E-state index in [1.54, 1.807) is 6.20 Å². The van der Waals surface area contributed by atoms with E-state index in [0.29, 0.717) is 18.8 Å². The van der Waals surface area contributed by atoms with E-state index in [0.717, 1.165) is 31.2 Å². The number of aromatic nitrogens is 2. The number of carbonyl (C=O) groups is 2. The van der Waals surface area contributed by atoms with Gasteiger partial charge in [0.05, 0.1) is 17.2 Å². The number of carboxylic acid groups (broad SMARTS) is 1. The first-order valence-electron chi connectivity index (χ1n) is 8.47. The van der Waals surface area contributed by atoms with Crippen LogP contribution in [0, 0.1) is 5.92 Å². The number of nitrogens with zero attached hydrogens (tertiary/aromatic N) is 3. The Morgan fingerprint density at radius 3 is 2.79 bits per heavy atom. The van der Waals surface area contributed by atoms with E-state index in [-0.39, 0.29) is 12.3 Å². The molecule has 7 heteroatoms. The molecule has 2 aliphatic heterocycles. The summed E-state index contributed by atoms with van der Waals surface area (Å²) in [5, 5.41) is 12.3. The SMILES string of the molecule is CC(C)c1nccc(CN2CCC3(CC2)NC(=O)CC3C(=O)O)n1. The minimum atomic E-state index is -0.876. The number of aliphatic carboxylic acids is 1. The molecule has 2 N–H and O–H groups in total. The minimum absolute atomic E-state index is 0.0962. The number of hydrogen-bond acceptors (Lipinski definition) is 5. The summed E-state index contributed by atoms with van der Waals surface area (Å²) in [6, 6.07) is 1.92. The third-order valence-corrected chi connectivity index (χ3v) is 5.13. The van der Waals surface area contributed by atoms with Crippen molar-refractivity contribution in [2.24, 2.45) is 5.92 Å². The molecule has 1 spiro atoms. The van der Waals surface area contributed by atoms with Crippen LogP contribution >= 0.6 is 0 Å².